The Morgan fingerprint density at radius 3 is 2.96 bits per heavy atom. The Morgan fingerprint density at radius 2 is 2.25 bits per heavy atom. The molecule has 0 spiro atoms. The third-order valence-electron chi connectivity index (χ3n) is 4.12. The molecule has 0 unspecified atom stereocenters. The maximum atomic E-state index is 12.0. The normalized spacial score (nSPS) is 17.8. The molecule has 24 heavy (non-hydrogen) atoms. The molecule has 1 aliphatic heterocycles. The summed E-state index contributed by atoms with van der Waals surface area (Å²) in [5, 5.41) is 9.90. The third-order valence-corrected chi connectivity index (χ3v) is 4.12. The van der Waals surface area contributed by atoms with Gasteiger partial charge in [-0.25, -0.2) is 4.98 Å². The highest BCUT2D eigenvalue weighted by Crippen LogP contribution is 2.17. The Bertz CT molecular complexity index is 683. The average molecular weight is 329 g/mol. The number of pyridine rings is 1. The van der Waals surface area contributed by atoms with Gasteiger partial charge in [-0.15, -0.1) is 0 Å². The molecule has 1 amide bonds. The van der Waals surface area contributed by atoms with Crippen LogP contribution in [0.25, 0.3) is 0 Å². The zero-order chi connectivity index (χ0) is 16.9. The van der Waals surface area contributed by atoms with E-state index in [9.17, 15) is 4.79 Å². The van der Waals surface area contributed by atoms with Crippen LogP contribution in [0.1, 0.15) is 17.7 Å². The number of carbonyl (C=O) groups is 1. The van der Waals surface area contributed by atoms with Crippen molar-refractivity contribution >= 4 is 17.5 Å². The second-order valence-corrected chi connectivity index (χ2v) is 6.36. The fraction of sp³-hybridized carbons (Fsp3) is 0.471. The summed E-state index contributed by atoms with van der Waals surface area (Å²) in [7, 11) is 0. The van der Waals surface area contributed by atoms with Crippen molar-refractivity contribution in [3.8, 4) is 0 Å². The first kappa shape index (κ1) is 16.4. The van der Waals surface area contributed by atoms with Gasteiger partial charge in [-0.1, -0.05) is 11.2 Å². The van der Waals surface area contributed by atoms with Gasteiger partial charge in [-0.2, -0.15) is 0 Å². The van der Waals surface area contributed by atoms with Gasteiger partial charge >= 0.3 is 0 Å². The number of nitrogens with zero attached hydrogens (tertiary/aromatic N) is 3. The predicted molar refractivity (Wildman–Crippen MR) is 91.9 cm³/mol. The molecule has 1 aliphatic rings. The molecule has 0 bridgehead atoms. The summed E-state index contributed by atoms with van der Waals surface area (Å²) in [6.45, 7) is 6.91. The lowest BCUT2D eigenvalue weighted by Gasteiger charge is -2.15. The van der Waals surface area contributed by atoms with E-state index in [0.29, 0.717) is 24.0 Å². The van der Waals surface area contributed by atoms with E-state index in [4.69, 9.17) is 4.52 Å². The van der Waals surface area contributed by atoms with Crippen LogP contribution < -0.4 is 10.6 Å². The van der Waals surface area contributed by atoms with Crippen LogP contribution in [0, 0.1) is 19.8 Å². The molecule has 7 nitrogen and oxygen atoms in total. The van der Waals surface area contributed by atoms with Crippen LogP contribution in [0.3, 0.4) is 0 Å². The number of hydrogen-bond acceptors (Lipinski definition) is 6. The molecule has 3 heterocycles. The topological polar surface area (TPSA) is 83.3 Å². The van der Waals surface area contributed by atoms with Gasteiger partial charge in [-0.3, -0.25) is 9.69 Å². The maximum absolute atomic E-state index is 12.0. The van der Waals surface area contributed by atoms with Gasteiger partial charge in [0.2, 0.25) is 5.91 Å². The Kier molecular flexibility index (Phi) is 5.10. The summed E-state index contributed by atoms with van der Waals surface area (Å²) in [5.41, 5.74) is 1.15. The minimum Gasteiger partial charge on any atom is -0.370 e. The molecule has 7 heteroatoms. The summed E-state index contributed by atoms with van der Waals surface area (Å²) in [6.07, 6.45) is 2.94. The monoisotopic (exact) mass is 329 g/mol. The standard InChI is InChI=1S/C17H23N5O2/c1-12-3-4-15(18-8-12)19-9-14-5-6-22(10-14)11-17(23)20-16-7-13(2)24-21-16/h3-4,7-8,14H,5-6,9-11H2,1-2H3,(H,18,19)(H,20,21,23)/t14-/m1/s1. The van der Waals surface area contributed by atoms with Crippen LogP contribution in [0.15, 0.2) is 28.9 Å². The average Bonchev–Trinajstić information content (AvgIpc) is 3.16. The van der Waals surface area contributed by atoms with Gasteiger partial charge in [-0.05, 0) is 44.4 Å². The number of aromatic nitrogens is 2. The lowest BCUT2D eigenvalue weighted by atomic mass is 10.1. The molecule has 0 aliphatic carbocycles. The zero-order valence-corrected chi connectivity index (χ0v) is 14.1. The van der Waals surface area contributed by atoms with E-state index in [1.165, 1.54) is 0 Å². The molecule has 0 saturated carbocycles. The lowest BCUT2D eigenvalue weighted by molar-refractivity contribution is -0.117. The van der Waals surface area contributed by atoms with E-state index < -0.39 is 0 Å². The molecule has 1 atom stereocenters. The molecule has 2 N–H and O–H groups in total. The van der Waals surface area contributed by atoms with E-state index in [-0.39, 0.29) is 5.91 Å². The predicted octanol–water partition coefficient (Wildman–Crippen LogP) is 2.06. The van der Waals surface area contributed by atoms with Crippen molar-refractivity contribution in [2.45, 2.75) is 20.3 Å². The number of hydrogen-bond donors (Lipinski definition) is 2. The van der Waals surface area contributed by atoms with E-state index in [0.717, 1.165) is 37.4 Å². The number of aryl methyl sites for hydroxylation is 2. The Labute approximate surface area is 141 Å². The smallest absolute Gasteiger partial charge is 0.239 e. The first-order valence-electron chi connectivity index (χ1n) is 8.20. The molecule has 128 valence electrons. The summed E-state index contributed by atoms with van der Waals surface area (Å²) < 4.78 is 4.94. The summed E-state index contributed by atoms with van der Waals surface area (Å²) in [4.78, 5) is 18.6. The van der Waals surface area contributed by atoms with Crippen LogP contribution in [0.5, 0.6) is 0 Å². The minimum atomic E-state index is -0.0582. The first-order valence-corrected chi connectivity index (χ1v) is 8.20. The number of likely N-dealkylation sites (tertiary alicyclic amines) is 1. The largest absolute Gasteiger partial charge is 0.370 e. The highest BCUT2D eigenvalue weighted by atomic mass is 16.5. The highest BCUT2D eigenvalue weighted by Gasteiger charge is 2.24. The van der Waals surface area contributed by atoms with Crippen LogP contribution in [-0.4, -0.2) is 47.1 Å². The van der Waals surface area contributed by atoms with E-state index in [2.05, 4.69) is 25.7 Å². The Balaban J connectivity index is 1.40. The molecular weight excluding hydrogens is 306 g/mol. The maximum Gasteiger partial charge on any atom is 0.239 e. The number of carbonyl (C=O) groups excluding carboxylic acids is 1. The minimum absolute atomic E-state index is 0.0582. The van der Waals surface area contributed by atoms with Gasteiger partial charge in [0.25, 0.3) is 0 Å². The Hall–Kier alpha value is -2.41. The van der Waals surface area contributed by atoms with Gasteiger partial charge in [0.05, 0.1) is 6.54 Å². The summed E-state index contributed by atoms with van der Waals surface area (Å²) >= 11 is 0. The summed E-state index contributed by atoms with van der Waals surface area (Å²) in [6, 6.07) is 5.75. The van der Waals surface area contributed by atoms with Crippen molar-refractivity contribution in [3.63, 3.8) is 0 Å². The fourth-order valence-corrected chi connectivity index (χ4v) is 2.86. The molecule has 1 saturated heterocycles. The van der Waals surface area contributed by atoms with Crippen LogP contribution >= 0.6 is 0 Å². The molecule has 0 radical (unpaired) electrons. The number of anilines is 2. The first-order chi connectivity index (χ1) is 11.6. The van der Waals surface area contributed by atoms with E-state index in [1.54, 1.807) is 13.0 Å². The van der Waals surface area contributed by atoms with Gasteiger partial charge in [0.15, 0.2) is 5.82 Å². The fourth-order valence-electron chi connectivity index (χ4n) is 2.86. The van der Waals surface area contributed by atoms with Crippen LogP contribution in [-0.2, 0) is 4.79 Å². The molecule has 3 rings (SSSR count). The lowest BCUT2D eigenvalue weighted by Crippen LogP contribution is -2.32. The molecule has 2 aromatic rings. The van der Waals surface area contributed by atoms with Crippen molar-refractivity contribution in [3.05, 3.63) is 35.7 Å². The molecule has 2 aromatic heterocycles. The quantitative estimate of drug-likeness (QED) is 0.844. The van der Waals surface area contributed by atoms with E-state index in [1.807, 2.05) is 25.3 Å². The van der Waals surface area contributed by atoms with Crippen molar-refractivity contribution in [2.75, 3.05) is 36.8 Å². The van der Waals surface area contributed by atoms with Gasteiger partial charge in [0.1, 0.15) is 11.6 Å². The van der Waals surface area contributed by atoms with Crippen LogP contribution in [0.2, 0.25) is 0 Å². The number of nitrogens with one attached hydrogen (secondary N) is 2. The van der Waals surface area contributed by atoms with Crippen LogP contribution in [0.4, 0.5) is 11.6 Å². The van der Waals surface area contributed by atoms with Crippen molar-refractivity contribution in [2.24, 2.45) is 5.92 Å². The molecule has 1 fully saturated rings. The van der Waals surface area contributed by atoms with Crippen molar-refractivity contribution in [1.82, 2.24) is 15.0 Å². The zero-order valence-electron chi connectivity index (χ0n) is 14.1. The van der Waals surface area contributed by atoms with Gasteiger partial charge in [0, 0.05) is 25.4 Å². The number of rotatable bonds is 6. The third kappa shape index (κ3) is 4.55. The second kappa shape index (κ2) is 7.44. The number of amides is 1. The van der Waals surface area contributed by atoms with E-state index >= 15 is 0 Å². The second-order valence-electron chi connectivity index (χ2n) is 6.36. The SMILES string of the molecule is Cc1ccc(NC[C@H]2CCN(CC(=O)Nc3cc(C)on3)C2)nc1. The van der Waals surface area contributed by atoms with Gasteiger partial charge < -0.3 is 15.2 Å². The summed E-state index contributed by atoms with van der Waals surface area (Å²) in [5.74, 6) is 2.52. The highest BCUT2D eigenvalue weighted by molar-refractivity contribution is 5.91. The van der Waals surface area contributed by atoms with Crippen molar-refractivity contribution in [1.29, 1.82) is 0 Å². The molecule has 0 aromatic carbocycles. The van der Waals surface area contributed by atoms with Crippen molar-refractivity contribution < 1.29 is 9.32 Å². The Morgan fingerprint density at radius 1 is 1.38 bits per heavy atom. The molecular formula is C17H23N5O2.